The number of benzene rings is 2. The lowest BCUT2D eigenvalue weighted by Gasteiger charge is -2.32. The van der Waals surface area contributed by atoms with Crippen LogP contribution in [0.5, 0.6) is 0 Å². The van der Waals surface area contributed by atoms with E-state index in [1.807, 2.05) is 7.05 Å². The minimum absolute atomic E-state index is 0.138. The third-order valence-corrected chi connectivity index (χ3v) is 4.45. The quantitative estimate of drug-likeness (QED) is 0.781. The maximum absolute atomic E-state index is 8.70. The first kappa shape index (κ1) is 19.0. The highest BCUT2D eigenvalue weighted by molar-refractivity contribution is 5.46. The molecular formula is C22H29N3. The number of hydrogen-bond donors (Lipinski definition) is 1. The average Bonchev–Trinajstić information content (AvgIpc) is 2.60. The Morgan fingerprint density at radius 1 is 1.04 bits per heavy atom. The summed E-state index contributed by atoms with van der Waals surface area (Å²) in [5.41, 5.74) is 3.87. The number of nitriles is 1. The van der Waals surface area contributed by atoms with Crippen molar-refractivity contribution in [2.75, 3.05) is 18.5 Å². The van der Waals surface area contributed by atoms with Crippen LogP contribution in [-0.2, 0) is 6.54 Å². The van der Waals surface area contributed by atoms with E-state index in [0.717, 1.165) is 18.8 Å². The molecule has 3 heteroatoms. The van der Waals surface area contributed by atoms with Gasteiger partial charge in [-0.05, 0) is 28.7 Å². The maximum atomic E-state index is 8.70. The molecule has 0 saturated heterocycles. The van der Waals surface area contributed by atoms with Gasteiger partial charge in [-0.2, -0.15) is 5.26 Å². The van der Waals surface area contributed by atoms with Gasteiger partial charge in [-0.25, -0.2) is 0 Å². The molecule has 0 aliphatic rings. The van der Waals surface area contributed by atoms with Crippen LogP contribution in [0.15, 0.2) is 54.6 Å². The van der Waals surface area contributed by atoms with Crippen LogP contribution < -0.4 is 10.2 Å². The molecule has 1 N–H and O–H groups in total. The Morgan fingerprint density at radius 3 is 2.24 bits per heavy atom. The Balaban J connectivity index is 2.02. The van der Waals surface area contributed by atoms with Crippen LogP contribution in [0.4, 0.5) is 5.69 Å². The Hall–Kier alpha value is -2.31. The normalized spacial score (nSPS) is 12.4. The number of nitrogens with one attached hydrogen (secondary N) is 1. The van der Waals surface area contributed by atoms with Crippen molar-refractivity contribution in [2.24, 2.45) is 5.41 Å². The van der Waals surface area contributed by atoms with Gasteiger partial charge in [0.2, 0.25) is 0 Å². The molecule has 0 fully saturated rings. The molecule has 0 heterocycles. The summed E-state index contributed by atoms with van der Waals surface area (Å²) in [7, 11) is 2.02. The van der Waals surface area contributed by atoms with Crippen molar-refractivity contribution >= 4 is 5.69 Å². The first-order valence-electron chi connectivity index (χ1n) is 8.87. The summed E-state index contributed by atoms with van der Waals surface area (Å²) in [4.78, 5) is 2.11. The van der Waals surface area contributed by atoms with Crippen molar-refractivity contribution in [3.63, 3.8) is 0 Å². The van der Waals surface area contributed by atoms with Crippen LogP contribution in [-0.4, -0.2) is 13.6 Å². The van der Waals surface area contributed by atoms with Gasteiger partial charge in [0.1, 0.15) is 0 Å². The van der Waals surface area contributed by atoms with E-state index in [4.69, 9.17) is 5.26 Å². The van der Waals surface area contributed by atoms with Gasteiger partial charge in [0.25, 0.3) is 0 Å². The molecule has 0 radical (unpaired) electrons. The van der Waals surface area contributed by atoms with Crippen LogP contribution in [0.1, 0.15) is 44.4 Å². The molecule has 2 rings (SSSR count). The van der Waals surface area contributed by atoms with E-state index in [9.17, 15) is 0 Å². The Kier molecular flexibility index (Phi) is 6.61. The summed E-state index contributed by atoms with van der Waals surface area (Å²) in [5, 5.41) is 12.4. The number of rotatable bonds is 7. The average molecular weight is 335 g/mol. The van der Waals surface area contributed by atoms with Crippen LogP contribution in [0.2, 0.25) is 0 Å². The summed E-state index contributed by atoms with van der Waals surface area (Å²) in [6, 6.07) is 21.7. The van der Waals surface area contributed by atoms with E-state index < -0.39 is 0 Å². The molecule has 0 aliphatic heterocycles. The lowest BCUT2D eigenvalue weighted by atomic mass is 9.82. The highest BCUT2D eigenvalue weighted by Crippen LogP contribution is 2.32. The highest BCUT2D eigenvalue weighted by atomic mass is 15.1. The molecule has 0 aromatic heterocycles. The summed E-state index contributed by atoms with van der Waals surface area (Å²) in [5.74, 6) is 0. The fraction of sp³-hybridized carbons (Fsp3) is 0.409. The second kappa shape index (κ2) is 8.69. The van der Waals surface area contributed by atoms with Gasteiger partial charge in [0.15, 0.2) is 0 Å². The van der Waals surface area contributed by atoms with Crippen molar-refractivity contribution in [1.29, 1.82) is 5.26 Å². The molecule has 1 atom stereocenters. The zero-order chi connectivity index (χ0) is 18.3. The SMILES string of the molecule is CN(CCC#N)c1ccc(CNC(c2ccccc2)C(C)(C)C)cc1. The number of anilines is 1. The molecular weight excluding hydrogens is 306 g/mol. The summed E-state index contributed by atoms with van der Waals surface area (Å²) >= 11 is 0. The number of nitrogens with zero attached hydrogens (tertiary/aromatic N) is 2. The topological polar surface area (TPSA) is 39.1 Å². The van der Waals surface area contributed by atoms with Crippen LogP contribution >= 0.6 is 0 Å². The molecule has 1 unspecified atom stereocenters. The van der Waals surface area contributed by atoms with Crippen molar-refractivity contribution in [1.82, 2.24) is 5.32 Å². The Labute approximate surface area is 152 Å². The Bertz CT molecular complexity index is 678. The van der Waals surface area contributed by atoms with E-state index >= 15 is 0 Å². The Morgan fingerprint density at radius 2 is 1.68 bits per heavy atom. The van der Waals surface area contributed by atoms with Gasteiger partial charge >= 0.3 is 0 Å². The molecule has 2 aromatic carbocycles. The van der Waals surface area contributed by atoms with E-state index in [-0.39, 0.29) is 5.41 Å². The van der Waals surface area contributed by atoms with E-state index in [2.05, 4.69) is 91.7 Å². The zero-order valence-electron chi connectivity index (χ0n) is 15.8. The molecule has 0 amide bonds. The summed E-state index contributed by atoms with van der Waals surface area (Å²) < 4.78 is 0. The summed E-state index contributed by atoms with van der Waals surface area (Å²) in [6.45, 7) is 8.40. The van der Waals surface area contributed by atoms with Gasteiger partial charge < -0.3 is 10.2 Å². The monoisotopic (exact) mass is 335 g/mol. The first-order chi connectivity index (χ1) is 11.9. The second-order valence-corrected chi connectivity index (χ2v) is 7.59. The predicted molar refractivity (Wildman–Crippen MR) is 105 cm³/mol. The minimum atomic E-state index is 0.138. The van der Waals surface area contributed by atoms with E-state index in [1.165, 1.54) is 11.1 Å². The van der Waals surface area contributed by atoms with Gasteiger partial charge in [-0.3, -0.25) is 0 Å². The minimum Gasteiger partial charge on any atom is -0.374 e. The van der Waals surface area contributed by atoms with E-state index in [1.54, 1.807) is 0 Å². The fourth-order valence-electron chi connectivity index (χ4n) is 3.00. The van der Waals surface area contributed by atoms with Gasteiger partial charge in [-0.1, -0.05) is 63.2 Å². The third kappa shape index (κ3) is 5.62. The second-order valence-electron chi connectivity index (χ2n) is 7.59. The molecule has 0 bridgehead atoms. The largest absolute Gasteiger partial charge is 0.374 e. The molecule has 0 saturated carbocycles. The molecule has 25 heavy (non-hydrogen) atoms. The van der Waals surface area contributed by atoms with Crippen molar-refractivity contribution in [2.45, 2.75) is 39.8 Å². The van der Waals surface area contributed by atoms with Crippen LogP contribution in [0, 0.1) is 16.7 Å². The maximum Gasteiger partial charge on any atom is 0.0640 e. The zero-order valence-corrected chi connectivity index (χ0v) is 15.8. The number of hydrogen-bond acceptors (Lipinski definition) is 3. The molecule has 3 nitrogen and oxygen atoms in total. The molecule has 0 spiro atoms. The summed E-state index contributed by atoms with van der Waals surface area (Å²) in [6.07, 6.45) is 0.546. The predicted octanol–water partition coefficient (Wildman–Crippen LogP) is 4.91. The smallest absolute Gasteiger partial charge is 0.0640 e. The third-order valence-electron chi connectivity index (χ3n) is 4.45. The lowest BCUT2D eigenvalue weighted by molar-refractivity contribution is 0.271. The van der Waals surface area contributed by atoms with Crippen LogP contribution in [0.25, 0.3) is 0 Å². The van der Waals surface area contributed by atoms with E-state index in [0.29, 0.717) is 12.5 Å². The molecule has 0 aliphatic carbocycles. The molecule has 132 valence electrons. The standard InChI is InChI=1S/C22H29N3/c1-22(2,3)21(19-9-6-5-7-10-19)24-17-18-11-13-20(14-12-18)25(4)16-8-15-23/h5-7,9-14,21,24H,8,16-17H2,1-4H3. The van der Waals surface area contributed by atoms with Crippen molar-refractivity contribution < 1.29 is 0 Å². The van der Waals surface area contributed by atoms with Gasteiger partial charge in [-0.15, -0.1) is 0 Å². The van der Waals surface area contributed by atoms with Crippen molar-refractivity contribution in [3.05, 3.63) is 65.7 Å². The highest BCUT2D eigenvalue weighted by Gasteiger charge is 2.25. The van der Waals surface area contributed by atoms with Crippen LogP contribution in [0.3, 0.4) is 0 Å². The van der Waals surface area contributed by atoms with Crippen molar-refractivity contribution in [3.8, 4) is 6.07 Å². The lowest BCUT2D eigenvalue weighted by Crippen LogP contribution is -2.32. The van der Waals surface area contributed by atoms with Gasteiger partial charge in [0.05, 0.1) is 12.5 Å². The first-order valence-corrected chi connectivity index (χ1v) is 8.87. The fourth-order valence-corrected chi connectivity index (χ4v) is 3.00. The molecule has 2 aromatic rings. The van der Waals surface area contributed by atoms with Gasteiger partial charge in [0, 0.05) is 31.9 Å².